The number of hydrogen-bond donors (Lipinski definition) is 0. The van der Waals surface area contributed by atoms with E-state index in [0.29, 0.717) is 6.61 Å². The number of aromatic nitrogens is 2. The van der Waals surface area contributed by atoms with Crippen LogP contribution in [0.3, 0.4) is 0 Å². The standard InChI is InChI=1S/C10H13N3O5/c1-17-10(14)9-7(13(15)16)6-12(11-9)8-4-2-3-5-18-8/h6,8H,2-5H2,1H3/t8-/m0/s1. The lowest BCUT2D eigenvalue weighted by Gasteiger charge is -2.22. The maximum atomic E-state index is 11.4. The second-order valence-corrected chi connectivity index (χ2v) is 3.91. The van der Waals surface area contributed by atoms with E-state index in [1.165, 1.54) is 10.9 Å². The molecule has 0 aromatic carbocycles. The Balaban J connectivity index is 2.32. The maximum Gasteiger partial charge on any atom is 0.365 e. The highest BCUT2D eigenvalue weighted by atomic mass is 16.6. The lowest BCUT2D eigenvalue weighted by atomic mass is 10.2. The van der Waals surface area contributed by atoms with Gasteiger partial charge in [-0.15, -0.1) is 0 Å². The van der Waals surface area contributed by atoms with Crippen LogP contribution in [-0.2, 0) is 9.47 Å². The highest BCUT2D eigenvalue weighted by molar-refractivity contribution is 5.91. The Morgan fingerprint density at radius 2 is 2.44 bits per heavy atom. The largest absolute Gasteiger partial charge is 0.464 e. The summed E-state index contributed by atoms with van der Waals surface area (Å²) in [7, 11) is 1.15. The van der Waals surface area contributed by atoms with Crippen molar-refractivity contribution in [3.63, 3.8) is 0 Å². The van der Waals surface area contributed by atoms with Crippen molar-refractivity contribution >= 4 is 11.7 Å². The smallest absolute Gasteiger partial charge is 0.365 e. The van der Waals surface area contributed by atoms with E-state index < -0.39 is 10.9 Å². The average Bonchev–Trinajstić information content (AvgIpc) is 2.84. The molecule has 0 N–H and O–H groups in total. The fraction of sp³-hybridized carbons (Fsp3) is 0.600. The van der Waals surface area contributed by atoms with Crippen LogP contribution in [0.25, 0.3) is 0 Å². The summed E-state index contributed by atoms with van der Waals surface area (Å²) in [5.74, 6) is -0.823. The molecule has 8 heteroatoms. The molecule has 0 amide bonds. The molecule has 1 atom stereocenters. The number of methoxy groups -OCH3 is 1. The minimum Gasteiger partial charge on any atom is -0.464 e. The predicted octanol–water partition coefficient (Wildman–Crippen LogP) is 1.28. The van der Waals surface area contributed by atoms with Gasteiger partial charge in [-0.2, -0.15) is 5.10 Å². The van der Waals surface area contributed by atoms with Crippen LogP contribution in [0.5, 0.6) is 0 Å². The van der Waals surface area contributed by atoms with Gasteiger partial charge in [0.1, 0.15) is 12.4 Å². The summed E-state index contributed by atoms with van der Waals surface area (Å²) in [6.45, 7) is 0.589. The van der Waals surface area contributed by atoms with Crippen LogP contribution in [-0.4, -0.2) is 34.4 Å². The third-order valence-corrected chi connectivity index (χ3v) is 2.74. The molecule has 18 heavy (non-hydrogen) atoms. The van der Waals surface area contributed by atoms with Gasteiger partial charge in [0.2, 0.25) is 5.69 Å². The number of nitrogens with zero attached hydrogens (tertiary/aromatic N) is 3. The lowest BCUT2D eigenvalue weighted by molar-refractivity contribution is -0.385. The molecule has 1 aliphatic heterocycles. The number of ether oxygens (including phenoxy) is 2. The zero-order chi connectivity index (χ0) is 13.1. The summed E-state index contributed by atoms with van der Waals surface area (Å²) in [5.41, 5.74) is -0.660. The summed E-state index contributed by atoms with van der Waals surface area (Å²) >= 11 is 0. The van der Waals surface area contributed by atoms with E-state index in [1.807, 2.05) is 0 Å². The first-order chi connectivity index (χ1) is 8.63. The van der Waals surface area contributed by atoms with Crippen molar-refractivity contribution in [3.05, 3.63) is 22.0 Å². The molecule has 0 bridgehead atoms. The second kappa shape index (κ2) is 5.13. The van der Waals surface area contributed by atoms with Gasteiger partial charge in [-0.3, -0.25) is 10.1 Å². The number of esters is 1. The van der Waals surface area contributed by atoms with E-state index in [1.54, 1.807) is 0 Å². The van der Waals surface area contributed by atoms with Gasteiger partial charge in [0.15, 0.2) is 0 Å². The van der Waals surface area contributed by atoms with Crippen LogP contribution in [0.15, 0.2) is 6.20 Å². The van der Waals surface area contributed by atoms with Gasteiger partial charge in [0, 0.05) is 6.61 Å². The van der Waals surface area contributed by atoms with E-state index in [-0.39, 0.29) is 17.6 Å². The number of hydrogen-bond acceptors (Lipinski definition) is 6. The zero-order valence-corrected chi connectivity index (χ0v) is 9.87. The molecule has 98 valence electrons. The van der Waals surface area contributed by atoms with Crippen molar-refractivity contribution in [2.24, 2.45) is 0 Å². The first-order valence-corrected chi connectivity index (χ1v) is 5.57. The molecule has 1 fully saturated rings. The molecule has 0 aliphatic carbocycles. The zero-order valence-electron chi connectivity index (χ0n) is 9.87. The third-order valence-electron chi connectivity index (χ3n) is 2.74. The van der Waals surface area contributed by atoms with Crippen molar-refractivity contribution < 1.29 is 19.2 Å². The molecular formula is C10H13N3O5. The number of carbonyl (C=O) groups is 1. The molecule has 0 saturated carbocycles. The molecule has 1 aromatic rings. The Morgan fingerprint density at radius 1 is 1.67 bits per heavy atom. The molecule has 2 heterocycles. The van der Waals surface area contributed by atoms with E-state index in [0.717, 1.165) is 26.4 Å². The van der Waals surface area contributed by atoms with Crippen molar-refractivity contribution in [1.29, 1.82) is 0 Å². The van der Waals surface area contributed by atoms with Crippen molar-refractivity contribution in [2.75, 3.05) is 13.7 Å². The summed E-state index contributed by atoms with van der Waals surface area (Å²) in [4.78, 5) is 21.6. The highest BCUT2D eigenvalue weighted by Crippen LogP contribution is 2.26. The summed E-state index contributed by atoms with van der Waals surface area (Å²) in [5, 5.41) is 14.7. The summed E-state index contributed by atoms with van der Waals surface area (Å²) in [6.07, 6.45) is 3.51. The second-order valence-electron chi connectivity index (χ2n) is 3.91. The Labute approximate surface area is 103 Å². The Morgan fingerprint density at radius 3 is 3.00 bits per heavy atom. The normalized spacial score (nSPS) is 19.5. The van der Waals surface area contributed by atoms with Crippen molar-refractivity contribution in [3.8, 4) is 0 Å². The van der Waals surface area contributed by atoms with Gasteiger partial charge in [-0.05, 0) is 19.3 Å². The SMILES string of the molecule is COC(=O)c1nn([C@@H]2CCCCO2)cc1[N+](=O)[O-]. The number of rotatable bonds is 3. The number of nitro groups is 1. The van der Waals surface area contributed by atoms with Crippen LogP contribution < -0.4 is 0 Å². The van der Waals surface area contributed by atoms with E-state index in [2.05, 4.69) is 9.84 Å². The van der Waals surface area contributed by atoms with Crippen LogP contribution in [0.1, 0.15) is 36.0 Å². The minimum absolute atomic E-state index is 0.295. The Kier molecular flexibility index (Phi) is 3.56. The average molecular weight is 255 g/mol. The first kappa shape index (κ1) is 12.5. The molecule has 1 saturated heterocycles. The van der Waals surface area contributed by atoms with Crippen molar-refractivity contribution in [1.82, 2.24) is 9.78 Å². The Hall–Kier alpha value is -1.96. The monoisotopic (exact) mass is 255 g/mol. The van der Waals surface area contributed by atoms with Crippen LogP contribution in [0.2, 0.25) is 0 Å². The molecule has 1 aliphatic rings. The molecule has 0 unspecified atom stereocenters. The predicted molar refractivity (Wildman–Crippen MR) is 59.1 cm³/mol. The van der Waals surface area contributed by atoms with Gasteiger partial charge in [-0.1, -0.05) is 0 Å². The van der Waals surface area contributed by atoms with E-state index >= 15 is 0 Å². The third kappa shape index (κ3) is 2.33. The molecule has 1 aromatic heterocycles. The Bertz CT molecular complexity index is 464. The van der Waals surface area contributed by atoms with Crippen LogP contribution in [0.4, 0.5) is 5.69 Å². The maximum absolute atomic E-state index is 11.4. The van der Waals surface area contributed by atoms with E-state index in [9.17, 15) is 14.9 Å². The molecule has 8 nitrogen and oxygen atoms in total. The number of carbonyl (C=O) groups excluding carboxylic acids is 1. The fourth-order valence-corrected chi connectivity index (χ4v) is 1.84. The van der Waals surface area contributed by atoms with Gasteiger partial charge in [-0.25, -0.2) is 9.48 Å². The van der Waals surface area contributed by atoms with E-state index in [4.69, 9.17) is 4.74 Å². The topological polar surface area (TPSA) is 96.5 Å². The van der Waals surface area contributed by atoms with Crippen LogP contribution >= 0.6 is 0 Å². The minimum atomic E-state index is -0.823. The summed E-state index contributed by atoms with van der Waals surface area (Å²) in [6, 6.07) is 0. The highest BCUT2D eigenvalue weighted by Gasteiger charge is 2.29. The van der Waals surface area contributed by atoms with Gasteiger partial charge >= 0.3 is 11.7 Å². The summed E-state index contributed by atoms with van der Waals surface area (Å²) < 4.78 is 11.2. The van der Waals surface area contributed by atoms with Crippen LogP contribution in [0, 0.1) is 10.1 Å². The fourth-order valence-electron chi connectivity index (χ4n) is 1.84. The first-order valence-electron chi connectivity index (χ1n) is 5.57. The van der Waals surface area contributed by atoms with Gasteiger partial charge in [0.25, 0.3) is 0 Å². The molecule has 2 rings (SSSR count). The quantitative estimate of drug-likeness (QED) is 0.458. The van der Waals surface area contributed by atoms with Crippen molar-refractivity contribution in [2.45, 2.75) is 25.5 Å². The lowest BCUT2D eigenvalue weighted by Crippen LogP contribution is -2.19. The molecule has 0 radical (unpaired) electrons. The molecule has 0 spiro atoms. The van der Waals surface area contributed by atoms with Gasteiger partial charge in [0.05, 0.1) is 12.0 Å². The molecular weight excluding hydrogens is 242 g/mol. The van der Waals surface area contributed by atoms with Gasteiger partial charge < -0.3 is 9.47 Å².